The predicted molar refractivity (Wildman–Crippen MR) is 79.0 cm³/mol. The summed E-state index contributed by atoms with van der Waals surface area (Å²) >= 11 is 0. The first-order valence-electron chi connectivity index (χ1n) is 7.63. The first-order valence-corrected chi connectivity index (χ1v) is 7.63. The van der Waals surface area contributed by atoms with E-state index in [1.54, 1.807) is 0 Å². The normalized spacial score (nSPS) is 22.4. The summed E-state index contributed by atoms with van der Waals surface area (Å²) in [4.78, 5) is 10.9. The van der Waals surface area contributed by atoms with E-state index in [1.165, 1.54) is 5.56 Å². The zero-order valence-corrected chi connectivity index (χ0v) is 12.2. The molecule has 0 bridgehead atoms. The molecule has 1 aliphatic rings. The lowest BCUT2D eigenvalue weighted by Gasteiger charge is -2.26. The average Bonchev–Trinajstić information content (AvgIpc) is 2.47. The molecule has 2 rings (SSSR count). The van der Waals surface area contributed by atoms with E-state index in [-0.39, 0.29) is 5.92 Å². The Morgan fingerprint density at radius 2 is 1.85 bits per heavy atom. The van der Waals surface area contributed by atoms with Crippen LogP contribution < -0.4 is 4.74 Å². The van der Waals surface area contributed by atoms with Gasteiger partial charge in [-0.3, -0.25) is 4.79 Å². The van der Waals surface area contributed by atoms with Crippen LogP contribution in [-0.2, 0) is 11.2 Å². The zero-order chi connectivity index (χ0) is 14.4. The van der Waals surface area contributed by atoms with Gasteiger partial charge in [0, 0.05) is 0 Å². The third-order valence-electron chi connectivity index (χ3n) is 4.14. The molecule has 1 aromatic carbocycles. The summed E-state index contributed by atoms with van der Waals surface area (Å²) in [5.74, 6) is 0.640. The van der Waals surface area contributed by atoms with E-state index >= 15 is 0 Å². The topological polar surface area (TPSA) is 46.5 Å². The average molecular weight is 276 g/mol. The number of ether oxygens (including phenoxy) is 1. The van der Waals surface area contributed by atoms with Gasteiger partial charge in [0.2, 0.25) is 0 Å². The van der Waals surface area contributed by atoms with Gasteiger partial charge in [0.05, 0.1) is 12.5 Å². The smallest absolute Gasteiger partial charge is 0.306 e. The van der Waals surface area contributed by atoms with Crippen LogP contribution in [0.3, 0.4) is 0 Å². The van der Waals surface area contributed by atoms with Gasteiger partial charge in [0.25, 0.3) is 0 Å². The highest BCUT2D eigenvalue weighted by Gasteiger charge is 2.26. The van der Waals surface area contributed by atoms with Gasteiger partial charge >= 0.3 is 5.97 Å². The van der Waals surface area contributed by atoms with Crippen LogP contribution in [0.5, 0.6) is 5.75 Å². The molecule has 0 atom stereocenters. The molecule has 0 heterocycles. The third-order valence-corrected chi connectivity index (χ3v) is 4.14. The van der Waals surface area contributed by atoms with E-state index in [9.17, 15) is 4.79 Å². The summed E-state index contributed by atoms with van der Waals surface area (Å²) in [5.41, 5.74) is 1.35. The number of hydrogen-bond donors (Lipinski definition) is 1. The Morgan fingerprint density at radius 3 is 2.40 bits per heavy atom. The van der Waals surface area contributed by atoms with Gasteiger partial charge in [-0.2, -0.15) is 0 Å². The largest absolute Gasteiger partial charge is 0.493 e. The second-order valence-electron chi connectivity index (χ2n) is 5.76. The highest BCUT2D eigenvalue weighted by molar-refractivity contribution is 5.69. The molecule has 0 radical (unpaired) electrons. The molecular formula is C17H24O3. The van der Waals surface area contributed by atoms with Crippen LogP contribution in [0.15, 0.2) is 24.3 Å². The molecule has 0 aromatic heterocycles. The minimum Gasteiger partial charge on any atom is -0.493 e. The van der Waals surface area contributed by atoms with Crippen LogP contribution in [0.2, 0.25) is 0 Å². The van der Waals surface area contributed by atoms with Crippen molar-refractivity contribution in [3.63, 3.8) is 0 Å². The van der Waals surface area contributed by atoms with Gasteiger partial charge in [0.15, 0.2) is 0 Å². The lowest BCUT2D eigenvalue weighted by molar-refractivity contribution is -0.143. The molecule has 0 unspecified atom stereocenters. The van der Waals surface area contributed by atoms with Crippen molar-refractivity contribution in [3.05, 3.63) is 29.8 Å². The van der Waals surface area contributed by atoms with Crippen molar-refractivity contribution in [2.75, 3.05) is 6.61 Å². The Kier molecular flexibility index (Phi) is 5.45. The molecular weight excluding hydrogens is 252 g/mol. The van der Waals surface area contributed by atoms with Crippen molar-refractivity contribution < 1.29 is 14.6 Å². The number of carbonyl (C=O) groups is 1. The van der Waals surface area contributed by atoms with E-state index in [2.05, 4.69) is 19.1 Å². The fraction of sp³-hybridized carbons (Fsp3) is 0.588. The Morgan fingerprint density at radius 1 is 1.20 bits per heavy atom. The zero-order valence-electron chi connectivity index (χ0n) is 12.2. The van der Waals surface area contributed by atoms with Crippen LogP contribution >= 0.6 is 0 Å². The number of carboxylic acids is 1. The number of aliphatic carboxylic acids is 1. The van der Waals surface area contributed by atoms with E-state index in [4.69, 9.17) is 9.84 Å². The predicted octanol–water partition coefficient (Wildman–Crippen LogP) is 3.91. The summed E-state index contributed by atoms with van der Waals surface area (Å²) in [5, 5.41) is 8.97. The summed E-state index contributed by atoms with van der Waals surface area (Å²) in [6.45, 7) is 2.89. The van der Waals surface area contributed by atoms with Crippen molar-refractivity contribution >= 4 is 5.97 Å². The molecule has 0 aliphatic heterocycles. The summed E-state index contributed by atoms with van der Waals surface area (Å²) in [7, 11) is 0. The standard InChI is InChI=1S/C17H24O3/c1-2-3-13-6-10-16(11-7-13)20-12-14-4-8-15(9-5-14)17(18)19/h6-7,10-11,14-15H,2-5,8-9,12H2,1H3,(H,18,19). The second kappa shape index (κ2) is 7.32. The first-order chi connectivity index (χ1) is 9.69. The van der Waals surface area contributed by atoms with E-state index in [0.29, 0.717) is 12.5 Å². The summed E-state index contributed by atoms with van der Waals surface area (Å²) in [6.07, 6.45) is 5.78. The maximum atomic E-state index is 10.9. The molecule has 0 amide bonds. The van der Waals surface area contributed by atoms with Crippen molar-refractivity contribution in [2.24, 2.45) is 11.8 Å². The third kappa shape index (κ3) is 4.26. The summed E-state index contributed by atoms with van der Waals surface area (Å²) < 4.78 is 5.83. The van der Waals surface area contributed by atoms with Crippen LogP contribution in [0.1, 0.15) is 44.6 Å². The lowest BCUT2D eigenvalue weighted by atomic mass is 9.82. The van der Waals surface area contributed by atoms with Crippen molar-refractivity contribution in [1.29, 1.82) is 0 Å². The minimum absolute atomic E-state index is 0.139. The Labute approximate surface area is 121 Å². The van der Waals surface area contributed by atoms with Crippen LogP contribution in [-0.4, -0.2) is 17.7 Å². The maximum absolute atomic E-state index is 10.9. The Balaban J connectivity index is 1.74. The molecule has 1 fully saturated rings. The van der Waals surface area contributed by atoms with Crippen molar-refractivity contribution in [3.8, 4) is 5.75 Å². The van der Waals surface area contributed by atoms with Crippen LogP contribution in [0.4, 0.5) is 0 Å². The van der Waals surface area contributed by atoms with E-state index in [1.807, 2.05) is 12.1 Å². The highest BCUT2D eigenvalue weighted by Crippen LogP contribution is 2.29. The Bertz CT molecular complexity index is 416. The highest BCUT2D eigenvalue weighted by atomic mass is 16.5. The minimum atomic E-state index is -0.643. The molecule has 3 heteroatoms. The molecule has 1 aromatic rings. The van der Waals surface area contributed by atoms with Gasteiger partial charge < -0.3 is 9.84 Å². The SMILES string of the molecule is CCCc1ccc(OCC2CCC(C(=O)O)CC2)cc1. The van der Waals surface area contributed by atoms with Crippen molar-refractivity contribution in [2.45, 2.75) is 45.4 Å². The maximum Gasteiger partial charge on any atom is 0.306 e. The van der Waals surface area contributed by atoms with Gasteiger partial charge in [0.1, 0.15) is 5.75 Å². The van der Waals surface area contributed by atoms with Gasteiger partial charge in [-0.1, -0.05) is 25.5 Å². The monoisotopic (exact) mass is 276 g/mol. The molecule has 20 heavy (non-hydrogen) atoms. The van der Waals surface area contributed by atoms with Crippen LogP contribution in [0.25, 0.3) is 0 Å². The number of carboxylic acid groups (broad SMARTS) is 1. The molecule has 1 N–H and O–H groups in total. The quantitative estimate of drug-likeness (QED) is 0.857. The fourth-order valence-corrected chi connectivity index (χ4v) is 2.83. The van der Waals surface area contributed by atoms with Gasteiger partial charge in [-0.25, -0.2) is 0 Å². The van der Waals surface area contributed by atoms with E-state index < -0.39 is 5.97 Å². The fourth-order valence-electron chi connectivity index (χ4n) is 2.83. The molecule has 0 spiro atoms. The summed E-state index contributed by atoms with van der Waals surface area (Å²) in [6, 6.07) is 8.32. The number of benzene rings is 1. The lowest BCUT2D eigenvalue weighted by Crippen LogP contribution is -2.24. The first kappa shape index (κ1) is 14.9. The van der Waals surface area contributed by atoms with E-state index in [0.717, 1.165) is 44.3 Å². The Hall–Kier alpha value is -1.51. The van der Waals surface area contributed by atoms with Crippen molar-refractivity contribution in [1.82, 2.24) is 0 Å². The van der Waals surface area contributed by atoms with Crippen LogP contribution in [0, 0.1) is 11.8 Å². The molecule has 110 valence electrons. The number of rotatable bonds is 6. The molecule has 3 nitrogen and oxygen atoms in total. The number of hydrogen-bond acceptors (Lipinski definition) is 2. The molecule has 0 saturated heterocycles. The molecule has 1 aliphatic carbocycles. The van der Waals surface area contributed by atoms with Gasteiger partial charge in [-0.15, -0.1) is 0 Å². The second-order valence-corrected chi connectivity index (χ2v) is 5.76. The molecule has 1 saturated carbocycles. The number of aryl methyl sites for hydroxylation is 1. The van der Waals surface area contributed by atoms with Gasteiger partial charge in [-0.05, 0) is 55.7 Å².